The van der Waals surface area contributed by atoms with Crippen LogP contribution in [0.25, 0.3) is 0 Å². The van der Waals surface area contributed by atoms with Crippen LogP contribution in [-0.4, -0.2) is 36.8 Å². The SMILES string of the molecule is CCN(CC)S(=O)(=O)c1cc(NC(=O)c2ccccc2O)ccc1C. The first kappa shape index (κ1) is 19.0. The second kappa shape index (κ2) is 7.67. The first-order valence-corrected chi connectivity index (χ1v) is 9.45. The average Bonchev–Trinajstić information content (AvgIpc) is 2.57. The minimum Gasteiger partial charge on any atom is -0.507 e. The molecule has 2 aromatic rings. The highest BCUT2D eigenvalue weighted by Crippen LogP contribution is 2.25. The van der Waals surface area contributed by atoms with E-state index in [4.69, 9.17) is 0 Å². The Labute approximate surface area is 148 Å². The van der Waals surface area contributed by atoms with Gasteiger partial charge < -0.3 is 10.4 Å². The lowest BCUT2D eigenvalue weighted by Crippen LogP contribution is -2.31. The summed E-state index contributed by atoms with van der Waals surface area (Å²) in [6.07, 6.45) is 0. The van der Waals surface area contributed by atoms with Gasteiger partial charge in [0.15, 0.2) is 0 Å². The van der Waals surface area contributed by atoms with Crippen molar-refractivity contribution in [2.24, 2.45) is 0 Å². The molecule has 0 aliphatic rings. The molecule has 0 aliphatic heterocycles. The molecule has 0 bridgehead atoms. The summed E-state index contributed by atoms with van der Waals surface area (Å²) in [5.41, 5.74) is 1.08. The molecule has 2 rings (SSSR count). The minimum absolute atomic E-state index is 0.122. The zero-order valence-corrected chi connectivity index (χ0v) is 15.3. The van der Waals surface area contributed by atoms with Gasteiger partial charge in [-0.25, -0.2) is 8.42 Å². The van der Waals surface area contributed by atoms with Gasteiger partial charge in [-0.1, -0.05) is 32.0 Å². The average molecular weight is 362 g/mol. The second-order valence-electron chi connectivity index (χ2n) is 5.54. The maximum atomic E-state index is 12.8. The minimum atomic E-state index is -3.63. The van der Waals surface area contributed by atoms with Gasteiger partial charge in [0, 0.05) is 18.8 Å². The maximum absolute atomic E-state index is 12.8. The number of carbonyl (C=O) groups is 1. The van der Waals surface area contributed by atoms with E-state index in [1.807, 2.05) is 0 Å². The summed E-state index contributed by atoms with van der Waals surface area (Å²) in [5.74, 6) is -0.642. The number of hydrogen-bond donors (Lipinski definition) is 2. The standard InChI is InChI=1S/C18H22N2O4S/c1-4-20(5-2)25(23,24)17-12-14(11-10-13(17)3)19-18(22)15-8-6-7-9-16(15)21/h6-12,21H,4-5H2,1-3H3,(H,19,22). The summed E-state index contributed by atoms with van der Waals surface area (Å²) in [6, 6.07) is 10.9. The number of benzene rings is 2. The van der Waals surface area contributed by atoms with E-state index in [-0.39, 0.29) is 16.2 Å². The third-order valence-electron chi connectivity index (χ3n) is 3.92. The third kappa shape index (κ3) is 4.00. The highest BCUT2D eigenvalue weighted by molar-refractivity contribution is 7.89. The molecule has 0 unspecified atom stereocenters. The number of para-hydroxylation sites is 1. The predicted molar refractivity (Wildman–Crippen MR) is 97.3 cm³/mol. The topological polar surface area (TPSA) is 86.7 Å². The van der Waals surface area contributed by atoms with Crippen LogP contribution in [0.4, 0.5) is 5.69 Å². The largest absolute Gasteiger partial charge is 0.507 e. The van der Waals surface area contributed by atoms with E-state index in [1.54, 1.807) is 45.0 Å². The summed E-state index contributed by atoms with van der Waals surface area (Å²) in [6.45, 7) is 6.00. The van der Waals surface area contributed by atoms with Gasteiger partial charge in [0.2, 0.25) is 10.0 Å². The Morgan fingerprint density at radius 2 is 1.76 bits per heavy atom. The molecule has 2 aromatic carbocycles. The number of rotatable bonds is 6. The van der Waals surface area contributed by atoms with Gasteiger partial charge in [-0.3, -0.25) is 4.79 Å². The molecule has 0 heterocycles. The van der Waals surface area contributed by atoms with Gasteiger partial charge >= 0.3 is 0 Å². The lowest BCUT2D eigenvalue weighted by Gasteiger charge is -2.20. The van der Waals surface area contributed by atoms with Crippen molar-refractivity contribution in [2.75, 3.05) is 18.4 Å². The number of aromatic hydroxyl groups is 1. The van der Waals surface area contributed by atoms with E-state index < -0.39 is 15.9 Å². The molecule has 2 N–H and O–H groups in total. The number of hydrogen-bond acceptors (Lipinski definition) is 4. The smallest absolute Gasteiger partial charge is 0.259 e. The Hall–Kier alpha value is -2.38. The van der Waals surface area contributed by atoms with Crippen LogP contribution in [0.15, 0.2) is 47.4 Å². The molecule has 1 amide bonds. The number of carbonyl (C=O) groups excluding carboxylic acids is 1. The van der Waals surface area contributed by atoms with E-state index in [1.165, 1.54) is 22.5 Å². The molecular formula is C18H22N2O4S. The Balaban J connectivity index is 2.37. The van der Waals surface area contributed by atoms with Crippen LogP contribution in [0.3, 0.4) is 0 Å². The van der Waals surface area contributed by atoms with E-state index in [2.05, 4.69) is 5.32 Å². The fourth-order valence-corrected chi connectivity index (χ4v) is 4.23. The summed E-state index contributed by atoms with van der Waals surface area (Å²) in [7, 11) is -3.63. The summed E-state index contributed by atoms with van der Waals surface area (Å²) in [4.78, 5) is 12.5. The van der Waals surface area contributed by atoms with Crippen molar-refractivity contribution in [3.63, 3.8) is 0 Å². The van der Waals surface area contributed by atoms with Crippen LogP contribution in [-0.2, 0) is 10.0 Å². The van der Waals surface area contributed by atoms with Gasteiger partial charge in [0.25, 0.3) is 5.91 Å². The van der Waals surface area contributed by atoms with Crippen LogP contribution >= 0.6 is 0 Å². The zero-order chi connectivity index (χ0) is 18.6. The van der Waals surface area contributed by atoms with Gasteiger partial charge in [0.1, 0.15) is 5.75 Å². The van der Waals surface area contributed by atoms with Gasteiger partial charge in [-0.05, 0) is 36.8 Å². The fraction of sp³-hybridized carbons (Fsp3) is 0.278. The maximum Gasteiger partial charge on any atom is 0.259 e. The number of nitrogens with zero attached hydrogens (tertiary/aromatic N) is 1. The molecule has 0 saturated carbocycles. The highest BCUT2D eigenvalue weighted by Gasteiger charge is 2.24. The summed E-state index contributed by atoms with van der Waals surface area (Å²) in [5, 5.41) is 12.4. The van der Waals surface area contributed by atoms with E-state index in [0.717, 1.165) is 0 Å². The molecule has 0 saturated heterocycles. The van der Waals surface area contributed by atoms with Crippen molar-refractivity contribution >= 4 is 21.6 Å². The lowest BCUT2D eigenvalue weighted by molar-refractivity contribution is 0.102. The first-order valence-electron chi connectivity index (χ1n) is 8.01. The van der Waals surface area contributed by atoms with Gasteiger partial charge in [0.05, 0.1) is 10.5 Å². The highest BCUT2D eigenvalue weighted by atomic mass is 32.2. The number of nitrogens with one attached hydrogen (secondary N) is 1. The molecule has 0 aliphatic carbocycles. The second-order valence-corrected chi connectivity index (χ2v) is 7.45. The third-order valence-corrected chi connectivity index (χ3v) is 6.11. The van der Waals surface area contributed by atoms with Gasteiger partial charge in [-0.15, -0.1) is 0 Å². The number of anilines is 1. The number of phenols is 1. The Kier molecular flexibility index (Phi) is 5.81. The molecule has 134 valence electrons. The van der Waals surface area contributed by atoms with Gasteiger partial charge in [-0.2, -0.15) is 4.31 Å². The predicted octanol–water partition coefficient (Wildman–Crippen LogP) is 2.98. The monoisotopic (exact) mass is 362 g/mol. The summed E-state index contributed by atoms with van der Waals surface area (Å²) < 4.78 is 26.9. The quantitative estimate of drug-likeness (QED) is 0.827. The first-order chi connectivity index (χ1) is 11.8. The van der Waals surface area contributed by atoms with E-state index >= 15 is 0 Å². The molecule has 6 nitrogen and oxygen atoms in total. The molecule has 0 aromatic heterocycles. The number of sulfonamides is 1. The van der Waals surface area contributed by atoms with Crippen molar-refractivity contribution < 1.29 is 18.3 Å². The molecular weight excluding hydrogens is 340 g/mol. The number of aryl methyl sites for hydroxylation is 1. The Bertz CT molecular complexity index is 874. The van der Waals surface area contributed by atoms with Crippen LogP contribution in [0.1, 0.15) is 29.8 Å². The van der Waals surface area contributed by atoms with E-state index in [9.17, 15) is 18.3 Å². The van der Waals surface area contributed by atoms with Crippen LogP contribution in [0, 0.1) is 6.92 Å². The van der Waals surface area contributed by atoms with Crippen LogP contribution in [0.5, 0.6) is 5.75 Å². The molecule has 25 heavy (non-hydrogen) atoms. The Morgan fingerprint density at radius 3 is 2.36 bits per heavy atom. The molecule has 0 spiro atoms. The van der Waals surface area contributed by atoms with Crippen molar-refractivity contribution in [2.45, 2.75) is 25.7 Å². The van der Waals surface area contributed by atoms with Crippen LogP contribution < -0.4 is 5.32 Å². The van der Waals surface area contributed by atoms with Crippen molar-refractivity contribution in [3.8, 4) is 5.75 Å². The van der Waals surface area contributed by atoms with Crippen molar-refractivity contribution in [3.05, 3.63) is 53.6 Å². The molecule has 7 heteroatoms. The number of amides is 1. The zero-order valence-electron chi connectivity index (χ0n) is 14.5. The van der Waals surface area contributed by atoms with Crippen molar-refractivity contribution in [1.82, 2.24) is 4.31 Å². The lowest BCUT2D eigenvalue weighted by atomic mass is 10.1. The normalized spacial score (nSPS) is 11.5. The fourth-order valence-electron chi connectivity index (χ4n) is 2.52. The molecule has 0 radical (unpaired) electrons. The van der Waals surface area contributed by atoms with Crippen molar-refractivity contribution in [1.29, 1.82) is 0 Å². The Morgan fingerprint density at radius 1 is 1.12 bits per heavy atom. The molecule has 0 atom stereocenters. The van der Waals surface area contributed by atoms with Crippen LogP contribution in [0.2, 0.25) is 0 Å². The number of phenolic OH excluding ortho intramolecular Hbond substituents is 1. The molecule has 0 fully saturated rings. The van der Waals surface area contributed by atoms with E-state index in [0.29, 0.717) is 24.3 Å². The summed E-state index contributed by atoms with van der Waals surface area (Å²) >= 11 is 0.